The van der Waals surface area contributed by atoms with Gasteiger partial charge in [-0.05, 0) is 42.5 Å². The minimum absolute atomic E-state index is 0.646. The van der Waals surface area contributed by atoms with Gasteiger partial charge < -0.3 is 8.98 Å². The fourth-order valence-corrected chi connectivity index (χ4v) is 9.64. The van der Waals surface area contributed by atoms with Crippen LogP contribution in [0.3, 0.4) is 0 Å². The molecule has 6 heteroatoms. The highest BCUT2D eigenvalue weighted by atomic mass is 32.1. The Kier molecular flexibility index (Phi) is 7.03. The number of nitrogens with zero attached hydrogens (tertiary/aromatic N) is 4. The Labute approximate surface area is 330 Å². The van der Waals surface area contributed by atoms with Crippen LogP contribution in [0.15, 0.2) is 186 Å². The van der Waals surface area contributed by atoms with Crippen molar-refractivity contribution in [3.8, 4) is 51.0 Å². The Morgan fingerprint density at radius 2 is 0.982 bits per heavy atom. The second-order valence-electron chi connectivity index (χ2n) is 14.4. The normalized spacial score (nSPS) is 11.9. The molecular weight excluding hydrogens is 717 g/mol. The van der Waals surface area contributed by atoms with E-state index in [9.17, 15) is 0 Å². The van der Waals surface area contributed by atoms with Crippen LogP contribution in [-0.4, -0.2) is 19.5 Å². The van der Waals surface area contributed by atoms with Crippen molar-refractivity contribution >= 4 is 75.3 Å². The fraction of sp³-hybridized carbons (Fsp3) is 0. The standard InChI is InChI=1S/C51H30N4OS/c1-3-13-31(14-4-1)49-52-50(32-15-5-2-6-16-32)54-51(53-49)33-25-28-46-42(29-33)41-22-12-21-40(48(41)57-46)39-20-11-19-38-37-27-26-34(30-45(37)56-47(38)39)55-43-23-9-7-17-35(43)36-18-8-10-24-44(36)55/h1-30H. The van der Waals surface area contributed by atoms with Crippen LogP contribution in [0.5, 0.6) is 0 Å². The van der Waals surface area contributed by atoms with Gasteiger partial charge in [-0.1, -0.05) is 133 Å². The van der Waals surface area contributed by atoms with E-state index in [0.29, 0.717) is 17.5 Å². The minimum Gasteiger partial charge on any atom is -0.455 e. The zero-order valence-electron chi connectivity index (χ0n) is 30.4. The largest absolute Gasteiger partial charge is 0.455 e. The molecule has 12 aromatic rings. The Bertz CT molecular complexity index is 3420. The molecule has 0 unspecified atom stereocenters. The number of aromatic nitrogens is 4. The second-order valence-corrected chi connectivity index (χ2v) is 15.4. The van der Waals surface area contributed by atoms with Crippen LogP contribution in [0.2, 0.25) is 0 Å². The van der Waals surface area contributed by atoms with E-state index in [1.165, 1.54) is 42.0 Å². The van der Waals surface area contributed by atoms with Crippen LogP contribution in [0.25, 0.3) is 115 Å². The van der Waals surface area contributed by atoms with Crippen molar-refractivity contribution in [1.29, 1.82) is 0 Å². The zero-order chi connectivity index (χ0) is 37.5. The summed E-state index contributed by atoms with van der Waals surface area (Å²) in [5.74, 6) is 1.95. The molecule has 0 saturated carbocycles. The molecule has 0 radical (unpaired) electrons. The van der Waals surface area contributed by atoms with E-state index in [0.717, 1.165) is 55.4 Å². The number of thiophene rings is 1. The van der Waals surface area contributed by atoms with Crippen molar-refractivity contribution in [2.75, 3.05) is 0 Å². The minimum atomic E-state index is 0.646. The molecule has 0 amide bonds. The van der Waals surface area contributed by atoms with E-state index in [-0.39, 0.29) is 0 Å². The van der Waals surface area contributed by atoms with Crippen molar-refractivity contribution in [2.24, 2.45) is 0 Å². The predicted octanol–water partition coefficient (Wildman–Crippen LogP) is 13.9. The first-order chi connectivity index (χ1) is 28.2. The number of hydrogen-bond acceptors (Lipinski definition) is 5. The van der Waals surface area contributed by atoms with Crippen molar-refractivity contribution in [3.05, 3.63) is 182 Å². The zero-order valence-corrected chi connectivity index (χ0v) is 31.2. The van der Waals surface area contributed by atoms with Gasteiger partial charge in [-0.15, -0.1) is 11.3 Å². The van der Waals surface area contributed by atoms with E-state index in [1.807, 2.05) is 72.0 Å². The number of rotatable bonds is 5. The molecule has 0 N–H and O–H groups in total. The molecule has 0 aliphatic rings. The molecule has 12 rings (SSSR count). The Morgan fingerprint density at radius 1 is 0.404 bits per heavy atom. The van der Waals surface area contributed by atoms with Gasteiger partial charge in [0, 0.05) is 81.3 Å². The maximum absolute atomic E-state index is 6.86. The van der Waals surface area contributed by atoms with E-state index in [2.05, 4.69) is 126 Å². The number of hydrogen-bond donors (Lipinski definition) is 0. The SMILES string of the molecule is c1ccc(-c2nc(-c3ccccc3)nc(-c3ccc4sc5c(-c6cccc7c6oc6cc(-n8c9ccccc9c9ccccc98)ccc67)cccc5c4c3)n2)cc1. The average molecular weight is 747 g/mol. The number of fused-ring (bicyclic) bond motifs is 9. The monoisotopic (exact) mass is 746 g/mol. The van der Waals surface area contributed by atoms with Gasteiger partial charge in [-0.3, -0.25) is 0 Å². The molecule has 57 heavy (non-hydrogen) atoms. The molecule has 0 bridgehead atoms. The van der Waals surface area contributed by atoms with Gasteiger partial charge in [-0.25, -0.2) is 15.0 Å². The van der Waals surface area contributed by atoms with Crippen LogP contribution in [0.4, 0.5) is 0 Å². The van der Waals surface area contributed by atoms with Crippen molar-refractivity contribution in [3.63, 3.8) is 0 Å². The highest BCUT2D eigenvalue weighted by Crippen LogP contribution is 2.45. The van der Waals surface area contributed by atoms with Crippen LogP contribution in [-0.2, 0) is 0 Å². The second kappa shape index (κ2) is 12.6. The maximum Gasteiger partial charge on any atom is 0.164 e. The third kappa shape index (κ3) is 5.04. The van der Waals surface area contributed by atoms with Crippen molar-refractivity contribution in [1.82, 2.24) is 19.5 Å². The topological polar surface area (TPSA) is 56.7 Å². The maximum atomic E-state index is 6.86. The first-order valence-corrected chi connectivity index (χ1v) is 19.8. The van der Waals surface area contributed by atoms with Gasteiger partial charge in [0.15, 0.2) is 17.5 Å². The molecule has 4 heterocycles. The summed E-state index contributed by atoms with van der Waals surface area (Å²) in [6.07, 6.45) is 0. The Hall–Kier alpha value is -7.41. The average Bonchev–Trinajstić information content (AvgIpc) is 3.96. The smallest absolute Gasteiger partial charge is 0.164 e. The lowest BCUT2D eigenvalue weighted by atomic mass is 10.00. The van der Waals surface area contributed by atoms with E-state index in [4.69, 9.17) is 19.4 Å². The molecule has 8 aromatic carbocycles. The molecule has 0 aliphatic carbocycles. The van der Waals surface area contributed by atoms with Gasteiger partial charge in [0.2, 0.25) is 0 Å². The van der Waals surface area contributed by atoms with E-state index >= 15 is 0 Å². The summed E-state index contributed by atoms with van der Waals surface area (Å²) in [4.78, 5) is 14.9. The molecule has 0 saturated heterocycles. The lowest BCUT2D eigenvalue weighted by Crippen LogP contribution is -2.00. The van der Waals surface area contributed by atoms with Crippen LogP contribution in [0, 0.1) is 0 Å². The first kappa shape index (κ1) is 31.9. The molecule has 0 fully saturated rings. The highest BCUT2D eigenvalue weighted by Gasteiger charge is 2.19. The number of para-hydroxylation sites is 3. The summed E-state index contributed by atoms with van der Waals surface area (Å²) < 4.78 is 11.6. The molecule has 5 nitrogen and oxygen atoms in total. The van der Waals surface area contributed by atoms with Gasteiger partial charge >= 0.3 is 0 Å². The van der Waals surface area contributed by atoms with Crippen LogP contribution < -0.4 is 0 Å². The fourth-order valence-electron chi connectivity index (χ4n) is 8.43. The van der Waals surface area contributed by atoms with Crippen molar-refractivity contribution in [2.45, 2.75) is 0 Å². The van der Waals surface area contributed by atoms with Gasteiger partial charge in [-0.2, -0.15) is 0 Å². The van der Waals surface area contributed by atoms with Crippen LogP contribution >= 0.6 is 11.3 Å². The van der Waals surface area contributed by atoms with Crippen LogP contribution in [0.1, 0.15) is 0 Å². The third-order valence-corrected chi connectivity index (χ3v) is 12.3. The third-order valence-electron chi connectivity index (χ3n) is 11.1. The summed E-state index contributed by atoms with van der Waals surface area (Å²) in [5.41, 5.74) is 10.3. The quantitative estimate of drug-likeness (QED) is 0.176. The van der Waals surface area contributed by atoms with Crippen molar-refractivity contribution < 1.29 is 4.42 Å². The van der Waals surface area contributed by atoms with E-state index < -0.39 is 0 Å². The first-order valence-electron chi connectivity index (χ1n) is 19.0. The Balaban J connectivity index is 0.997. The summed E-state index contributed by atoms with van der Waals surface area (Å²) >= 11 is 1.81. The molecular formula is C51H30N4OS. The highest BCUT2D eigenvalue weighted by molar-refractivity contribution is 7.26. The molecule has 4 aromatic heterocycles. The Morgan fingerprint density at radius 3 is 1.67 bits per heavy atom. The summed E-state index contributed by atoms with van der Waals surface area (Å²) in [5, 5.41) is 7.06. The predicted molar refractivity (Wildman–Crippen MR) is 236 cm³/mol. The van der Waals surface area contributed by atoms with E-state index in [1.54, 1.807) is 0 Å². The number of benzene rings is 8. The molecule has 0 spiro atoms. The van der Waals surface area contributed by atoms with Gasteiger partial charge in [0.05, 0.1) is 11.0 Å². The molecule has 0 aliphatic heterocycles. The molecule has 0 atom stereocenters. The molecule has 266 valence electrons. The van der Waals surface area contributed by atoms with Gasteiger partial charge in [0.1, 0.15) is 11.2 Å². The lowest BCUT2D eigenvalue weighted by Gasteiger charge is -2.08. The summed E-state index contributed by atoms with van der Waals surface area (Å²) in [6, 6.07) is 63.7. The van der Waals surface area contributed by atoms with Gasteiger partial charge in [0.25, 0.3) is 0 Å². The lowest BCUT2D eigenvalue weighted by molar-refractivity contribution is 0.670. The summed E-state index contributed by atoms with van der Waals surface area (Å²) in [6.45, 7) is 0. The number of furan rings is 1. The summed E-state index contributed by atoms with van der Waals surface area (Å²) in [7, 11) is 0.